The van der Waals surface area contributed by atoms with Crippen LogP contribution in [0.1, 0.15) is 55.0 Å². The Labute approximate surface area is 218 Å². The Kier molecular flexibility index (Phi) is 7.28. The standard InChI is InChI=1S/C28H25ClN4O4/c29-22-13-10-19(11-14-22)18-37-26-15-12-20(16-25(26)33(35)36)17-30-32-27(21-6-2-1-3-7-21)31-24-9-5-4-8-23(24)28(32)34/h4-5,8-17,21H,1-3,6-7,18H2. The summed E-state index contributed by atoms with van der Waals surface area (Å²) in [6.45, 7) is 0.161. The van der Waals surface area contributed by atoms with Gasteiger partial charge in [0.05, 0.1) is 22.0 Å². The van der Waals surface area contributed by atoms with Crippen molar-refractivity contribution in [3.05, 3.63) is 109 Å². The van der Waals surface area contributed by atoms with Gasteiger partial charge in [-0.25, -0.2) is 4.98 Å². The van der Waals surface area contributed by atoms with E-state index in [0.717, 1.165) is 31.2 Å². The van der Waals surface area contributed by atoms with Gasteiger partial charge in [-0.15, -0.1) is 0 Å². The topological polar surface area (TPSA) is 99.6 Å². The van der Waals surface area contributed by atoms with E-state index in [1.807, 2.05) is 12.1 Å². The van der Waals surface area contributed by atoms with Crippen LogP contribution in [-0.4, -0.2) is 20.8 Å². The van der Waals surface area contributed by atoms with Crippen LogP contribution in [0.3, 0.4) is 0 Å². The number of hydrogen-bond donors (Lipinski definition) is 0. The maximum absolute atomic E-state index is 13.4. The summed E-state index contributed by atoms with van der Waals surface area (Å²) in [5.74, 6) is 0.919. The highest BCUT2D eigenvalue weighted by Crippen LogP contribution is 2.32. The Balaban J connectivity index is 1.47. The summed E-state index contributed by atoms with van der Waals surface area (Å²) >= 11 is 5.91. The number of nitro groups is 1. The van der Waals surface area contributed by atoms with Crippen LogP contribution in [-0.2, 0) is 6.61 Å². The SMILES string of the molecule is O=c1c2ccccc2nc(C2CCCCC2)n1N=Cc1ccc(OCc2ccc(Cl)cc2)c([N+](=O)[O-])c1. The highest BCUT2D eigenvalue weighted by atomic mass is 35.5. The predicted molar refractivity (Wildman–Crippen MR) is 144 cm³/mol. The molecule has 0 bridgehead atoms. The van der Waals surface area contributed by atoms with Gasteiger partial charge in [0.2, 0.25) is 0 Å². The Morgan fingerprint density at radius 2 is 1.84 bits per heavy atom. The van der Waals surface area contributed by atoms with Crippen LogP contribution in [0.15, 0.2) is 76.6 Å². The first-order valence-corrected chi connectivity index (χ1v) is 12.6. The minimum absolute atomic E-state index is 0.140. The minimum Gasteiger partial charge on any atom is -0.482 e. The Hall–Kier alpha value is -4.04. The van der Waals surface area contributed by atoms with Crippen LogP contribution in [0.5, 0.6) is 5.75 Å². The first-order chi connectivity index (χ1) is 18.0. The first kappa shape index (κ1) is 24.6. The summed E-state index contributed by atoms with van der Waals surface area (Å²) in [5, 5.41) is 17.3. The molecule has 1 aliphatic rings. The molecule has 0 aliphatic heterocycles. The number of nitro benzene ring substituents is 1. The molecule has 0 amide bonds. The molecule has 188 valence electrons. The number of aromatic nitrogens is 2. The van der Waals surface area contributed by atoms with Crippen molar-refractivity contribution in [1.82, 2.24) is 9.66 Å². The first-order valence-electron chi connectivity index (χ1n) is 12.2. The van der Waals surface area contributed by atoms with Crippen LogP contribution < -0.4 is 10.3 Å². The van der Waals surface area contributed by atoms with E-state index in [1.54, 1.807) is 48.5 Å². The molecular weight excluding hydrogens is 492 g/mol. The Morgan fingerprint density at radius 1 is 1.08 bits per heavy atom. The molecule has 9 heteroatoms. The largest absolute Gasteiger partial charge is 0.482 e. The van der Waals surface area contributed by atoms with Gasteiger partial charge in [-0.2, -0.15) is 9.78 Å². The van der Waals surface area contributed by atoms with Crippen LogP contribution in [0.2, 0.25) is 5.02 Å². The molecule has 0 N–H and O–H groups in total. The monoisotopic (exact) mass is 516 g/mol. The molecular formula is C28H25ClN4O4. The van der Waals surface area contributed by atoms with E-state index in [9.17, 15) is 14.9 Å². The lowest BCUT2D eigenvalue weighted by atomic mass is 9.88. The van der Waals surface area contributed by atoms with E-state index in [4.69, 9.17) is 21.3 Å². The van der Waals surface area contributed by atoms with Crippen molar-refractivity contribution in [3.63, 3.8) is 0 Å². The minimum atomic E-state index is -0.494. The van der Waals surface area contributed by atoms with Gasteiger partial charge in [0, 0.05) is 22.6 Å². The van der Waals surface area contributed by atoms with Crippen molar-refractivity contribution in [1.29, 1.82) is 0 Å². The fourth-order valence-corrected chi connectivity index (χ4v) is 4.75. The van der Waals surface area contributed by atoms with E-state index in [0.29, 0.717) is 27.3 Å². The predicted octanol–water partition coefficient (Wildman–Crippen LogP) is 6.47. The fraction of sp³-hybridized carbons (Fsp3) is 0.250. The van der Waals surface area contributed by atoms with Gasteiger partial charge in [-0.1, -0.05) is 55.1 Å². The zero-order chi connectivity index (χ0) is 25.8. The molecule has 8 nitrogen and oxygen atoms in total. The van der Waals surface area contributed by atoms with Gasteiger partial charge < -0.3 is 4.74 Å². The average molecular weight is 517 g/mol. The smallest absolute Gasteiger partial charge is 0.311 e. The van der Waals surface area contributed by atoms with Crippen LogP contribution in [0, 0.1) is 10.1 Å². The van der Waals surface area contributed by atoms with Crippen LogP contribution in [0.4, 0.5) is 5.69 Å². The maximum Gasteiger partial charge on any atom is 0.311 e. The van der Waals surface area contributed by atoms with E-state index in [1.165, 1.54) is 23.4 Å². The third-order valence-electron chi connectivity index (χ3n) is 6.56. The van der Waals surface area contributed by atoms with Gasteiger partial charge >= 0.3 is 5.69 Å². The number of nitrogens with zero attached hydrogens (tertiary/aromatic N) is 4. The molecule has 0 unspecified atom stereocenters. The quantitative estimate of drug-likeness (QED) is 0.159. The molecule has 1 fully saturated rings. The molecule has 1 aliphatic carbocycles. The van der Waals surface area contributed by atoms with E-state index in [-0.39, 0.29) is 29.5 Å². The van der Waals surface area contributed by atoms with E-state index >= 15 is 0 Å². The van der Waals surface area contributed by atoms with E-state index < -0.39 is 4.92 Å². The lowest BCUT2D eigenvalue weighted by Gasteiger charge is -2.22. The molecule has 0 atom stereocenters. The lowest BCUT2D eigenvalue weighted by Crippen LogP contribution is -2.25. The van der Waals surface area contributed by atoms with Gasteiger partial charge in [-0.05, 0) is 54.8 Å². The summed E-state index contributed by atoms with van der Waals surface area (Å²) in [6.07, 6.45) is 6.70. The van der Waals surface area contributed by atoms with Crippen molar-refractivity contribution >= 4 is 34.4 Å². The Morgan fingerprint density at radius 3 is 2.59 bits per heavy atom. The van der Waals surface area contributed by atoms with Crippen molar-refractivity contribution < 1.29 is 9.66 Å². The molecule has 5 rings (SSSR count). The number of halogens is 1. The molecule has 0 spiro atoms. The Bertz CT molecular complexity index is 1530. The summed E-state index contributed by atoms with van der Waals surface area (Å²) < 4.78 is 7.07. The molecule has 1 heterocycles. The fourth-order valence-electron chi connectivity index (χ4n) is 4.62. The van der Waals surface area contributed by atoms with Crippen molar-refractivity contribution in [2.75, 3.05) is 0 Å². The average Bonchev–Trinajstić information content (AvgIpc) is 2.93. The molecule has 4 aromatic rings. The second-order valence-corrected chi connectivity index (χ2v) is 9.52. The molecule has 0 radical (unpaired) electrons. The number of fused-ring (bicyclic) bond motifs is 1. The number of ether oxygens (including phenoxy) is 1. The van der Waals surface area contributed by atoms with Gasteiger partial charge in [0.25, 0.3) is 5.56 Å². The van der Waals surface area contributed by atoms with Crippen LogP contribution in [0.25, 0.3) is 10.9 Å². The molecule has 37 heavy (non-hydrogen) atoms. The molecule has 1 saturated carbocycles. The van der Waals surface area contributed by atoms with Crippen LogP contribution >= 0.6 is 11.6 Å². The normalized spacial score (nSPS) is 14.3. The maximum atomic E-state index is 13.4. The van der Waals surface area contributed by atoms with Crippen molar-refractivity contribution in [2.24, 2.45) is 5.10 Å². The summed E-state index contributed by atoms with van der Waals surface area (Å²) in [4.78, 5) is 29.4. The van der Waals surface area contributed by atoms with Gasteiger partial charge in [0.15, 0.2) is 5.75 Å². The van der Waals surface area contributed by atoms with Crippen molar-refractivity contribution in [2.45, 2.75) is 44.6 Å². The highest BCUT2D eigenvalue weighted by Gasteiger charge is 2.22. The van der Waals surface area contributed by atoms with Crippen molar-refractivity contribution in [3.8, 4) is 5.75 Å². The summed E-state index contributed by atoms with van der Waals surface area (Å²) in [6, 6.07) is 18.9. The number of benzene rings is 3. The zero-order valence-corrected chi connectivity index (χ0v) is 20.8. The number of rotatable bonds is 7. The number of hydrogen-bond acceptors (Lipinski definition) is 6. The third-order valence-corrected chi connectivity index (χ3v) is 6.81. The molecule has 1 aromatic heterocycles. The highest BCUT2D eigenvalue weighted by molar-refractivity contribution is 6.30. The van der Waals surface area contributed by atoms with E-state index in [2.05, 4.69) is 5.10 Å². The third kappa shape index (κ3) is 5.54. The second kappa shape index (κ2) is 10.9. The molecule has 0 saturated heterocycles. The zero-order valence-electron chi connectivity index (χ0n) is 20.0. The number of para-hydroxylation sites is 1. The second-order valence-electron chi connectivity index (χ2n) is 9.08. The molecule has 3 aromatic carbocycles. The summed E-state index contributed by atoms with van der Waals surface area (Å²) in [5.41, 5.74) is 1.52. The van der Waals surface area contributed by atoms with Gasteiger partial charge in [0.1, 0.15) is 12.4 Å². The summed E-state index contributed by atoms with van der Waals surface area (Å²) in [7, 11) is 0. The lowest BCUT2D eigenvalue weighted by molar-refractivity contribution is -0.385. The van der Waals surface area contributed by atoms with Gasteiger partial charge in [-0.3, -0.25) is 14.9 Å².